The molecule has 0 aromatic carbocycles. The lowest BCUT2D eigenvalue weighted by molar-refractivity contribution is -0.148. The minimum Gasteiger partial charge on any atom is -0.489 e. The Bertz CT molecular complexity index is 458. The van der Waals surface area contributed by atoms with E-state index in [1.165, 1.54) is 7.11 Å². The monoisotopic (exact) mass is 251 g/mol. The van der Waals surface area contributed by atoms with E-state index in [4.69, 9.17) is 15.2 Å². The molecule has 0 atom stereocenters. The lowest BCUT2D eigenvalue weighted by atomic mass is 10.1. The molecule has 0 spiro atoms. The highest BCUT2D eigenvalue weighted by molar-refractivity contribution is 5.80. The number of nitrogens with two attached hydrogens (primary N) is 1. The zero-order valence-corrected chi connectivity index (χ0v) is 10.5. The summed E-state index contributed by atoms with van der Waals surface area (Å²) in [6.07, 6.45) is 1.61. The van der Waals surface area contributed by atoms with Gasteiger partial charge in [0.15, 0.2) is 11.6 Å². The van der Waals surface area contributed by atoms with E-state index in [1.54, 1.807) is 19.2 Å². The number of esters is 1. The number of aromatic nitrogens is 1. The van der Waals surface area contributed by atoms with Crippen LogP contribution < -0.4 is 15.8 Å². The average molecular weight is 251 g/mol. The molecule has 0 amide bonds. The van der Waals surface area contributed by atoms with Gasteiger partial charge >= 0.3 is 5.97 Å². The number of hydrogen-bond donors (Lipinski definition) is 2. The first kappa shape index (κ1) is 12.5. The smallest absolute Gasteiger partial charge is 0.315 e. The van der Waals surface area contributed by atoms with Gasteiger partial charge in [-0.15, -0.1) is 0 Å². The summed E-state index contributed by atoms with van der Waals surface area (Å²) >= 11 is 0. The first-order valence-corrected chi connectivity index (χ1v) is 5.77. The molecule has 1 fully saturated rings. The molecule has 1 aliphatic rings. The maximum Gasteiger partial charge on any atom is 0.315 e. The molecule has 6 nitrogen and oxygen atoms in total. The van der Waals surface area contributed by atoms with Gasteiger partial charge in [0.1, 0.15) is 17.8 Å². The number of methoxy groups -OCH3 is 1. The highest BCUT2D eigenvalue weighted by atomic mass is 16.5. The van der Waals surface area contributed by atoms with Gasteiger partial charge in [-0.25, -0.2) is 4.98 Å². The lowest BCUT2D eigenvalue weighted by Crippen LogP contribution is -2.25. The van der Waals surface area contributed by atoms with Crippen LogP contribution in [0, 0.1) is 5.41 Å². The van der Waals surface area contributed by atoms with E-state index in [0.29, 0.717) is 24.0 Å². The molecule has 6 heteroatoms. The van der Waals surface area contributed by atoms with Crippen LogP contribution in [0.2, 0.25) is 0 Å². The SMILES string of the molecule is CNc1nc(N)ccc1OCC1(C(=O)OC)CC1. The molecular formula is C12H17N3O3. The van der Waals surface area contributed by atoms with Crippen LogP contribution in [0.15, 0.2) is 12.1 Å². The van der Waals surface area contributed by atoms with E-state index in [-0.39, 0.29) is 5.97 Å². The number of pyridine rings is 1. The van der Waals surface area contributed by atoms with Crippen molar-refractivity contribution in [1.82, 2.24) is 4.98 Å². The van der Waals surface area contributed by atoms with Gasteiger partial charge < -0.3 is 20.5 Å². The Morgan fingerprint density at radius 3 is 2.83 bits per heavy atom. The summed E-state index contributed by atoms with van der Waals surface area (Å²) in [6.45, 7) is 0.306. The van der Waals surface area contributed by atoms with E-state index in [0.717, 1.165) is 12.8 Å². The number of nitrogens with zero attached hydrogens (tertiary/aromatic N) is 1. The third-order valence-corrected chi connectivity index (χ3v) is 3.09. The number of ether oxygens (including phenoxy) is 2. The summed E-state index contributed by atoms with van der Waals surface area (Å²) in [5.41, 5.74) is 5.12. The normalized spacial score (nSPS) is 15.9. The Morgan fingerprint density at radius 1 is 1.56 bits per heavy atom. The fourth-order valence-electron chi connectivity index (χ4n) is 1.75. The zero-order chi connectivity index (χ0) is 13.2. The van der Waals surface area contributed by atoms with Crippen LogP contribution in [0.5, 0.6) is 5.75 Å². The summed E-state index contributed by atoms with van der Waals surface area (Å²) < 4.78 is 10.4. The number of hydrogen-bond acceptors (Lipinski definition) is 6. The van der Waals surface area contributed by atoms with Crippen molar-refractivity contribution >= 4 is 17.6 Å². The molecule has 1 saturated carbocycles. The third kappa shape index (κ3) is 2.32. The average Bonchev–Trinajstić information content (AvgIpc) is 3.17. The van der Waals surface area contributed by atoms with Gasteiger partial charge in [0.05, 0.1) is 7.11 Å². The molecule has 3 N–H and O–H groups in total. The molecular weight excluding hydrogens is 234 g/mol. The van der Waals surface area contributed by atoms with Gasteiger partial charge in [0.25, 0.3) is 0 Å². The first-order chi connectivity index (χ1) is 8.61. The van der Waals surface area contributed by atoms with Crippen molar-refractivity contribution < 1.29 is 14.3 Å². The van der Waals surface area contributed by atoms with Crippen LogP contribution in [0.25, 0.3) is 0 Å². The molecule has 0 aliphatic heterocycles. The maximum absolute atomic E-state index is 11.6. The molecule has 0 bridgehead atoms. The molecule has 2 rings (SSSR count). The lowest BCUT2D eigenvalue weighted by Gasteiger charge is -2.15. The Balaban J connectivity index is 2.05. The maximum atomic E-state index is 11.6. The largest absolute Gasteiger partial charge is 0.489 e. The Labute approximate surface area is 105 Å². The van der Waals surface area contributed by atoms with E-state index in [1.807, 2.05) is 0 Å². The van der Waals surface area contributed by atoms with Crippen LogP contribution in [0.3, 0.4) is 0 Å². The van der Waals surface area contributed by atoms with Crippen LogP contribution in [0.1, 0.15) is 12.8 Å². The highest BCUT2D eigenvalue weighted by Crippen LogP contribution is 2.47. The van der Waals surface area contributed by atoms with Crippen molar-refractivity contribution in [3.05, 3.63) is 12.1 Å². The standard InChI is InChI=1S/C12H17N3O3/c1-14-10-8(3-4-9(13)15-10)18-7-12(5-6-12)11(16)17-2/h3-4H,5-7H2,1-2H3,(H3,13,14,15). The van der Waals surface area contributed by atoms with Crippen molar-refractivity contribution in [3.63, 3.8) is 0 Å². The fraction of sp³-hybridized carbons (Fsp3) is 0.500. The number of carbonyl (C=O) groups is 1. The number of rotatable bonds is 5. The van der Waals surface area contributed by atoms with Crippen LogP contribution in [-0.4, -0.2) is 31.7 Å². The summed E-state index contributed by atoms with van der Waals surface area (Å²) in [4.78, 5) is 15.7. The molecule has 18 heavy (non-hydrogen) atoms. The Kier molecular flexibility index (Phi) is 3.27. The minimum atomic E-state index is -0.471. The second-order valence-electron chi connectivity index (χ2n) is 4.39. The summed E-state index contributed by atoms with van der Waals surface area (Å²) in [6, 6.07) is 3.40. The van der Waals surface area contributed by atoms with Crippen LogP contribution in [0.4, 0.5) is 11.6 Å². The second-order valence-corrected chi connectivity index (χ2v) is 4.39. The topological polar surface area (TPSA) is 86.5 Å². The van der Waals surface area contributed by atoms with Crippen LogP contribution >= 0.6 is 0 Å². The molecule has 1 aromatic rings. The Hall–Kier alpha value is -1.98. The quantitative estimate of drug-likeness (QED) is 0.760. The Morgan fingerprint density at radius 2 is 2.28 bits per heavy atom. The van der Waals surface area contributed by atoms with E-state index in [2.05, 4.69) is 10.3 Å². The van der Waals surface area contributed by atoms with Gasteiger partial charge in [-0.2, -0.15) is 0 Å². The number of nitrogens with one attached hydrogen (secondary N) is 1. The van der Waals surface area contributed by atoms with Crippen molar-refractivity contribution in [2.24, 2.45) is 5.41 Å². The molecule has 0 saturated heterocycles. The van der Waals surface area contributed by atoms with Gasteiger partial charge in [0, 0.05) is 7.05 Å². The summed E-state index contributed by atoms with van der Waals surface area (Å²) in [5.74, 6) is 1.36. The van der Waals surface area contributed by atoms with Crippen molar-refractivity contribution in [2.75, 3.05) is 31.8 Å². The highest BCUT2D eigenvalue weighted by Gasteiger charge is 2.52. The zero-order valence-electron chi connectivity index (χ0n) is 10.5. The number of nitrogen functional groups attached to an aromatic ring is 1. The van der Waals surface area contributed by atoms with Crippen molar-refractivity contribution in [1.29, 1.82) is 0 Å². The number of anilines is 2. The van der Waals surface area contributed by atoms with Crippen LogP contribution in [-0.2, 0) is 9.53 Å². The molecule has 1 aliphatic carbocycles. The molecule has 0 unspecified atom stereocenters. The second kappa shape index (κ2) is 4.72. The van der Waals surface area contributed by atoms with Gasteiger partial charge in [0.2, 0.25) is 0 Å². The minimum absolute atomic E-state index is 0.211. The predicted octanol–water partition coefficient (Wildman–Crippen LogP) is 1.04. The van der Waals surface area contributed by atoms with Gasteiger partial charge in [-0.05, 0) is 25.0 Å². The van der Waals surface area contributed by atoms with Crippen molar-refractivity contribution in [3.8, 4) is 5.75 Å². The molecule has 98 valence electrons. The van der Waals surface area contributed by atoms with E-state index < -0.39 is 5.41 Å². The predicted molar refractivity (Wildman–Crippen MR) is 67.4 cm³/mol. The first-order valence-electron chi connectivity index (χ1n) is 5.77. The van der Waals surface area contributed by atoms with Gasteiger partial charge in [-0.3, -0.25) is 4.79 Å². The third-order valence-electron chi connectivity index (χ3n) is 3.09. The summed E-state index contributed by atoms with van der Waals surface area (Å²) in [7, 11) is 3.13. The molecule has 0 radical (unpaired) electrons. The summed E-state index contributed by atoms with van der Waals surface area (Å²) in [5, 5.41) is 2.90. The van der Waals surface area contributed by atoms with Gasteiger partial charge in [-0.1, -0.05) is 0 Å². The molecule has 1 aromatic heterocycles. The fourth-order valence-corrected chi connectivity index (χ4v) is 1.75. The van der Waals surface area contributed by atoms with Crippen molar-refractivity contribution in [2.45, 2.75) is 12.8 Å². The number of carbonyl (C=O) groups excluding carboxylic acids is 1. The van der Waals surface area contributed by atoms with E-state index in [9.17, 15) is 4.79 Å². The van der Waals surface area contributed by atoms with E-state index >= 15 is 0 Å². The molecule has 1 heterocycles.